The summed E-state index contributed by atoms with van der Waals surface area (Å²) in [5.74, 6) is -0.864. The van der Waals surface area contributed by atoms with E-state index in [9.17, 15) is 9.59 Å². The Kier molecular flexibility index (Phi) is 3.03. The van der Waals surface area contributed by atoms with Crippen molar-refractivity contribution in [2.24, 2.45) is 5.73 Å². The Morgan fingerprint density at radius 3 is 2.46 bits per heavy atom. The van der Waals surface area contributed by atoms with Gasteiger partial charge >= 0.3 is 0 Å². The molecular formula is C9H8ClNO2. The minimum atomic E-state index is -0.552. The van der Waals surface area contributed by atoms with Gasteiger partial charge in [0.25, 0.3) is 0 Å². The van der Waals surface area contributed by atoms with Crippen LogP contribution in [-0.2, 0) is 0 Å². The van der Waals surface area contributed by atoms with Crippen molar-refractivity contribution in [3.8, 4) is 0 Å². The maximum absolute atomic E-state index is 11.1. The van der Waals surface area contributed by atoms with E-state index in [0.717, 1.165) is 0 Å². The highest BCUT2D eigenvalue weighted by Crippen LogP contribution is 2.06. The Morgan fingerprint density at radius 2 is 1.92 bits per heavy atom. The number of carbonyl (C=O) groups excluding carboxylic acids is 2. The quantitative estimate of drug-likeness (QED) is 0.585. The zero-order valence-corrected chi connectivity index (χ0v) is 7.54. The molecule has 0 atom stereocenters. The van der Waals surface area contributed by atoms with Crippen LogP contribution in [0.25, 0.3) is 0 Å². The minimum Gasteiger partial charge on any atom is -0.366 e. The fourth-order valence-corrected chi connectivity index (χ4v) is 1.08. The second-order valence-corrected chi connectivity index (χ2v) is 2.77. The van der Waals surface area contributed by atoms with Crippen LogP contribution in [0.1, 0.15) is 20.7 Å². The van der Waals surface area contributed by atoms with E-state index < -0.39 is 5.91 Å². The summed E-state index contributed by atoms with van der Waals surface area (Å²) in [7, 11) is 0. The van der Waals surface area contributed by atoms with Crippen LogP contribution in [0.2, 0.25) is 0 Å². The minimum absolute atomic E-state index is 0.0950. The van der Waals surface area contributed by atoms with E-state index in [1.807, 2.05) is 0 Å². The van der Waals surface area contributed by atoms with E-state index >= 15 is 0 Å². The summed E-state index contributed by atoms with van der Waals surface area (Å²) in [5, 5.41) is 0. The zero-order valence-electron chi connectivity index (χ0n) is 6.79. The summed E-state index contributed by atoms with van der Waals surface area (Å²) in [4.78, 5) is 21.8. The van der Waals surface area contributed by atoms with Crippen molar-refractivity contribution in [3.05, 3.63) is 35.4 Å². The predicted molar refractivity (Wildman–Crippen MR) is 50.0 cm³/mol. The number of Topliss-reactive ketones (excluding diaryl/α,β-unsaturated/α-hetero) is 1. The lowest BCUT2D eigenvalue weighted by Gasteiger charge is -1.98. The molecule has 0 fully saturated rings. The average Bonchev–Trinajstić information content (AvgIpc) is 2.17. The van der Waals surface area contributed by atoms with Crippen LogP contribution in [-0.4, -0.2) is 17.6 Å². The van der Waals surface area contributed by atoms with E-state index in [0.29, 0.717) is 11.1 Å². The molecule has 1 rings (SSSR count). The molecule has 1 amide bonds. The number of amides is 1. The summed E-state index contributed by atoms with van der Waals surface area (Å²) in [6.07, 6.45) is 0. The first kappa shape index (κ1) is 9.74. The molecule has 0 heterocycles. The van der Waals surface area contributed by atoms with Crippen LogP contribution < -0.4 is 5.73 Å². The molecular weight excluding hydrogens is 190 g/mol. The lowest BCUT2D eigenvalue weighted by atomic mass is 10.1. The van der Waals surface area contributed by atoms with Crippen molar-refractivity contribution >= 4 is 23.3 Å². The maximum Gasteiger partial charge on any atom is 0.248 e. The van der Waals surface area contributed by atoms with E-state index in [-0.39, 0.29) is 11.7 Å². The zero-order chi connectivity index (χ0) is 9.84. The highest BCUT2D eigenvalue weighted by Gasteiger charge is 2.06. The van der Waals surface area contributed by atoms with E-state index in [1.54, 1.807) is 18.2 Å². The molecule has 3 nitrogen and oxygen atoms in total. The normalized spacial score (nSPS) is 9.62. The van der Waals surface area contributed by atoms with Crippen molar-refractivity contribution in [3.63, 3.8) is 0 Å². The van der Waals surface area contributed by atoms with Gasteiger partial charge in [0, 0.05) is 11.1 Å². The largest absolute Gasteiger partial charge is 0.366 e. The highest BCUT2D eigenvalue weighted by atomic mass is 35.5. The first-order valence-electron chi connectivity index (χ1n) is 3.64. The van der Waals surface area contributed by atoms with E-state index in [1.165, 1.54) is 6.07 Å². The second kappa shape index (κ2) is 4.05. The van der Waals surface area contributed by atoms with Gasteiger partial charge in [-0.3, -0.25) is 9.59 Å². The number of ketones is 1. The molecule has 4 heteroatoms. The molecule has 0 unspecified atom stereocenters. The van der Waals surface area contributed by atoms with Gasteiger partial charge in [-0.1, -0.05) is 12.1 Å². The number of benzene rings is 1. The molecule has 0 saturated carbocycles. The number of carbonyl (C=O) groups is 2. The summed E-state index contributed by atoms with van der Waals surface area (Å²) >= 11 is 5.35. The molecule has 0 aliphatic carbocycles. The number of hydrogen-bond donors (Lipinski definition) is 1. The van der Waals surface area contributed by atoms with Gasteiger partial charge in [0.2, 0.25) is 5.91 Å². The fraction of sp³-hybridized carbons (Fsp3) is 0.111. The molecule has 2 N–H and O–H groups in total. The topological polar surface area (TPSA) is 60.2 Å². The smallest absolute Gasteiger partial charge is 0.248 e. The number of primary amides is 1. The Labute approximate surface area is 80.5 Å². The molecule has 0 aliphatic rings. The van der Waals surface area contributed by atoms with Gasteiger partial charge in [0.05, 0.1) is 5.88 Å². The first-order chi connectivity index (χ1) is 6.15. The number of nitrogens with two attached hydrogens (primary N) is 1. The third kappa shape index (κ3) is 2.29. The molecule has 1 aromatic carbocycles. The Morgan fingerprint density at radius 1 is 1.31 bits per heavy atom. The summed E-state index contributed by atoms with van der Waals surface area (Å²) in [6, 6.07) is 6.18. The SMILES string of the molecule is NC(=O)c1cccc(C(=O)CCl)c1. The van der Waals surface area contributed by atoms with Crippen molar-refractivity contribution in [2.45, 2.75) is 0 Å². The van der Waals surface area contributed by atoms with Crippen LogP contribution >= 0.6 is 11.6 Å². The number of halogens is 1. The molecule has 0 saturated heterocycles. The fourth-order valence-electron chi connectivity index (χ4n) is 0.923. The standard InChI is InChI=1S/C9H8ClNO2/c10-5-8(12)6-2-1-3-7(4-6)9(11)13/h1-4H,5H2,(H2,11,13). The van der Waals surface area contributed by atoms with Gasteiger partial charge in [-0.05, 0) is 12.1 Å². The first-order valence-corrected chi connectivity index (χ1v) is 4.17. The maximum atomic E-state index is 11.1. The van der Waals surface area contributed by atoms with Crippen LogP contribution in [0.15, 0.2) is 24.3 Å². The van der Waals surface area contributed by atoms with Gasteiger partial charge < -0.3 is 5.73 Å². The van der Waals surface area contributed by atoms with Crippen molar-refractivity contribution in [1.82, 2.24) is 0 Å². The molecule has 13 heavy (non-hydrogen) atoms. The van der Waals surface area contributed by atoms with Crippen LogP contribution in [0, 0.1) is 0 Å². The van der Waals surface area contributed by atoms with Crippen LogP contribution in [0.5, 0.6) is 0 Å². The van der Waals surface area contributed by atoms with Gasteiger partial charge in [-0.2, -0.15) is 0 Å². The number of alkyl halides is 1. The van der Waals surface area contributed by atoms with Gasteiger partial charge in [0.15, 0.2) is 5.78 Å². The van der Waals surface area contributed by atoms with Crippen LogP contribution in [0.4, 0.5) is 0 Å². The lowest BCUT2D eigenvalue weighted by molar-refractivity contribution is 0.1000. The Bertz CT molecular complexity index is 349. The van der Waals surface area contributed by atoms with Crippen LogP contribution in [0.3, 0.4) is 0 Å². The third-order valence-corrected chi connectivity index (χ3v) is 1.83. The number of rotatable bonds is 3. The van der Waals surface area contributed by atoms with Crippen molar-refractivity contribution in [2.75, 3.05) is 5.88 Å². The second-order valence-electron chi connectivity index (χ2n) is 2.50. The summed E-state index contributed by atoms with van der Waals surface area (Å²) < 4.78 is 0. The molecule has 68 valence electrons. The van der Waals surface area contributed by atoms with Gasteiger partial charge in [-0.25, -0.2) is 0 Å². The molecule has 1 aromatic rings. The predicted octanol–water partition coefficient (Wildman–Crippen LogP) is 1.21. The lowest BCUT2D eigenvalue weighted by Crippen LogP contribution is -2.12. The summed E-state index contributed by atoms with van der Waals surface area (Å²) in [6.45, 7) is 0. The average molecular weight is 198 g/mol. The van der Waals surface area contributed by atoms with Gasteiger partial charge in [0.1, 0.15) is 0 Å². The number of hydrogen-bond acceptors (Lipinski definition) is 2. The molecule has 0 spiro atoms. The molecule has 0 aliphatic heterocycles. The monoisotopic (exact) mass is 197 g/mol. The molecule has 0 aromatic heterocycles. The molecule has 0 bridgehead atoms. The summed E-state index contributed by atoms with van der Waals surface area (Å²) in [5.41, 5.74) is 5.77. The Hall–Kier alpha value is -1.35. The third-order valence-electron chi connectivity index (χ3n) is 1.59. The van der Waals surface area contributed by atoms with E-state index in [4.69, 9.17) is 17.3 Å². The van der Waals surface area contributed by atoms with E-state index in [2.05, 4.69) is 0 Å². The highest BCUT2D eigenvalue weighted by molar-refractivity contribution is 6.30. The molecule has 0 radical (unpaired) electrons. The van der Waals surface area contributed by atoms with Gasteiger partial charge in [-0.15, -0.1) is 11.6 Å². The van der Waals surface area contributed by atoms with Crippen molar-refractivity contribution in [1.29, 1.82) is 0 Å². The van der Waals surface area contributed by atoms with Crippen molar-refractivity contribution < 1.29 is 9.59 Å². The Balaban J connectivity index is 3.05.